The minimum Gasteiger partial charge on any atom is -0.481 e. The highest BCUT2D eigenvalue weighted by Crippen LogP contribution is 2.42. The molecule has 0 bridgehead atoms. The van der Waals surface area contributed by atoms with Gasteiger partial charge in [0.2, 0.25) is 5.88 Å². The maximum atomic E-state index is 14.2. The van der Waals surface area contributed by atoms with Crippen LogP contribution in [0.1, 0.15) is 43.5 Å². The van der Waals surface area contributed by atoms with Gasteiger partial charge in [0.05, 0.1) is 23.2 Å². The zero-order valence-electron chi connectivity index (χ0n) is 33.2. The number of alkyl halides is 3. The number of halogens is 7. The van der Waals surface area contributed by atoms with Crippen molar-refractivity contribution in [1.82, 2.24) is 19.8 Å². The highest BCUT2D eigenvalue weighted by atomic mass is 35.5. The minimum atomic E-state index is -4.80. The van der Waals surface area contributed by atoms with Crippen LogP contribution in [0.2, 0.25) is 10.0 Å². The molecule has 11 nitrogen and oxygen atoms in total. The number of benzene rings is 4. The van der Waals surface area contributed by atoms with E-state index in [-0.39, 0.29) is 56.7 Å². The molecule has 6 aromatic rings. The Morgan fingerprint density at radius 1 is 0.803 bits per heavy atom. The molecule has 3 N–H and O–H groups in total. The number of hydrogen-bond acceptors (Lipinski definition) is 6. The molecular weight excluding hydrogens is 846 g/mol. The molecule has 2 heterocycles. The van der Waals surface area contributed by atoms with Crippen molar-refractivity contribution < 1.29 is 41.0 Å². The summed E-state index contributed by atoms with van der Waals surface area (Å²) >= 11 is 11.5. The molecule has 0 spiro atoms. The molecule has 0 saturated heterocycles. The third-order valence-electron chi connectivity index (χ3n) is 9.61. The fourth-order valence-corrected chi connectivity index (χ4v) is 7.03. The molecule has 0 radical (unpaired) electrons. The van der Waals surface area contributed by atoms with Crippen molar-refractivity contribution in [2.45, 2.75) is 38.5 Å². The maximum absolute atomic E-state index is 14.2. The summed E-state index contributed by atoms with van der Waals surface area (Å²) in [4.78, 5) is 47.1. The first-order valence-electron chi connectivity index (χ1n) is 18.7. The molecule has 0 aliphatic heterocycles. The maximum Gasteiger partial charge on any atom is 0.413 e. The summed E-state index contributed by atoms with van der Waals surface area (Å²) in [6.45, 7) is 3.97. The predicted molar refractivity (Wildman–Crippen MR) is 227 cm³/mol. The number of nitrogens with zero attached hydrogens (tertiary/aromatic N) is 3. The van der Waals surface area contributed by atoms with E-state index in [0.29, 0.717) is 40.9 Å². The number of pyridine rings is 2. The van der Waals surface area contributed by atoms with Gasteiger partial charge >= 0.3 is 18.2 Å². The number of H-pyrrole nitrogens is 1. The van der Waals surface area contributed by atoms with Gasteiger partial charge in [0.1, 0.15) is 11.6 Å². The summed E-state index contributed by atoms with van der Waals surface area (Å²) in [5.74, 6) is -1.09. The SMILES string of the molecule is CCN(C(=O)Nc1ccc(F)c(Cl)c1)C(c1cnc(OC)c2ccccc12)C(F)(F)F.COCCCN(C(=O)Nc1ccc(F)c(Cl)c1)C(C)c1c[nH]c(=O)c2ccccc12. The molecule has 0 fully saturated rings. The Kier molecular flexibility index (Phi) is 15.5. The van der Waals surface area contributed by atoms with Crippen LogP contribution in [0.5, 0.6) is 5.88 Å². The first-order chi connectivity index (χ1) is 29.1. The number of methoxy groups -OCH3 is 2. The van der Waals surface area contributed by atoms with Crippen molar-refractivity contribution in [1.29, 1.82) is 0 Å². The number of anilines is 2. The monoisotopic (exact) mass is 886 g/mol. The third kappa shape index (κ3) is 11.1. The summed E-state index contributed by atoms with van der Waals surface area (Å²) in [7, 11) is 2.97. The fraction of sp³-hybridized carbons (Fsp3) is 0.256. The van der Waals surface area contributed by atoms with Crippen molar-refractivity contribution in [3.05, 3.63) is 140 Å². The molecule has 2 atom stereocenters. The van der Waals surface area contributed by atoms with Crippen LogP contribution in [0.15, 0.2) is 102 Å². The molecule has 18 heteroatoms. The number of rotatable bonds is 12. The van der Waals surface area contributed by atoms with Crippen LogP contribution in [0.4, 0.5) is 42.9 Å². The number of carbonyl (C=O) groups is 2. The largest absolute Gasteiger partial charge is 0.481 e. The molecule has 61 heavy (non-hydrogen) atoms. The third-order valence-corrected chi connectivity index (χ3v) is 10.2. The van der Waals surface area contributed by atoms with E-state index in [1.807, 2.05) is 19.1 Å². The summed E-state index contributed by atoms with van der Waals surface area (Å²) in [6.07, 6.45) is -1.47. The quantitative estimate of drug-likeness (QED) is 0.0829. The summed E-state index contributed by atoms with van der Waals surface area (Å²) in [6, 6.07) is 17.0. The normalized spacial score (nSPS) is 12.2. The van der Waals surface area contributed by atoms with E-state index >= 15 is 0 Å². The number of aromatic amines is 1. The van der Waals surface area contributed by atoms with E-state index in [2.05, 4.69) is 20.6 Å². The summed E-state index contributed by atoms with van der Waals surface area (Å²) in [5.41, 5.74) is 0.890. The second-order valence-corrected chi connectivity index (χ2v) is 14.3. The topological polar surface area (TPSA) is 129 Å². The van der Waals surface area contributed by atoms with Crippen LogP contribution in [0.3, 0.4) is 0 Å². The Morgan fingerprint density at radius 2 is 1.33 bits per heavy atom. The van der Waals surface area contributed by atoms with E-state index in [0.717, 1.165) is 29.3 Å². The lowest BCUT2D eigenvalue weighted by atomic mass is 9.99. The van der Waals surface area contributed by atoms with Gasteiger partial charge in [-0.3, -0.25) is 4.79 Å². The van der Waals surface area contributed by atoms with Gasteiger partial charge in [-0.15, -0.1) is 0 Å². The van der Waals surface area contributed by atoms with Gasteiger partial charge in [-0.1, -0.05) is 59.6 Å². The van der Waals surface area contributed by atoms with Crippen molar-refractivity contribution in [2.24, 2.45) is 0 Å². The number of carbonyl (C=O) groups excluding carboxylic acids is 2. The highest BCUT2D eigenvalue weighted by molar-refractivity contribution is 6.31. The number of aromatic nitrogens is 2. The Bertz CT molecular complexity index is 2560. The Balaban J connectivity index is 0.000000231. The van der Waals surface area contributed by atoms with Gasteiger partial charge in [0.15, 0.2) is 6.04 Å². The van der Waals surface area contributed by atoms with Gasteiger partial charge in [-0.2, -0.15) is 13.2 Å². The van der Waals surface area contributed by atoms with Crippen LogP contribution >= 0.6 is 23.2 Å². The smallest absolute Gasteiger partial charge is 0.413 e. The van der Waals surface area contributed by atoms with E-state index < -0.39 is 29.9 Å². The molecule has 4 aromatic carbocycles. The van der Waals surface area contributed by atoms with Crippen molar-refractivity contribution in [3.8, 4) is 5.88 Å². The molecule has 2 unspecified atom stereocenters. The Hall–Kier alpha value is -5.97. The second kappa shape index (κ2) is 20.5. The molecule has 4 amide bonds. The summed E-state index contributed by atoms with van der Waals surface area (Å²) < 4.78 is 79.7. The molecule has 6 rings (SSSR count). The average Bonchev–Trinajstić information content (AvgIpc) is 3.23. The molecule has 0 aliphatic rings. The standard InChI is InChI=1S/C22H23ClFN3O3.C21H18ClF4N3O2/c1-14(18-13-25-21(28)17-7-4-3-6-16(17)18)27(10-5-11-30-2)22(29)26-15-8-9-20(24)19(23)12-15;1-3-29(20(30)28-12-8-9-17(23)16(22)10-12)18(21(24,25)26)15-11-27-19(31-2)14-7-5-4-6-13(14)15/h3-4,6-9,12-14H,5,10-11H2,1-2H3,(H,25,28)(H,26,29);4-11,18H,3H2,1-2H3,(H,28,30). The number of ether oxygens (including phenoxy) is 2. The summed E-state index contributed by atoms with van der Waals surface area (Å²) in [5, 5.41) is 6.76. The Labute approximate surface area is 357 Å². The molecule has 322 valence electrons. The lowest BCUT2D eigenvalue weighted by molar-refractivity contribution is -0.177. The van der Waals surface area contributed by atoms with Crippen LogP contribution in [-0.4, -0.2) is 71.9 Å². The molecule has 0 saturated carbocycles. The molecule has 2 aromatic heterocycles. The number of hydrogen-bond donors (Lipinski definition) is 3. The lowest BCUT2D eigenvalue weighted by Crippen LogP contribution is -2.44. The van der Waals surface area contributed by atoms with Crippen LogP contribution in [-0.2, 0) is 4.74 Å². The number of urea groups is 2. The minimum absolute atomic E-state index is 0.0634. The van der Waals surface area contributed by atoms with E-state index in [1.165, 1.54) is 44.4 Å². The second-order valence-electron chi connectivity index (χ2n) is 13.5. The predicted octanol–water partition coefficient (Wildman–Crippen LogP) is 11.1. The van der Waals surface area contributed by atoms with E-state index in [4.69, 9.17) is 32.7 Å². The van der Waals surface area contributed by atoms with E-state index in [1.54, 1.807) is 48.5 Å². The Morgan fingerprint density at radius 3 is 1.84 bits per heavy atom. The van der Waals surface area contributed by atoms with E-state index in [9.17, 15) is 36.3 Å². The molecule has 0 aliphatic carbocycles. The number of fused-ring (bicyclic) bond motifs is 2. The van der Waals surface area contributed by atoms with Gasteiger partial charge in [0.25, 0.3) is 5.56 Å². The van der Waals surface area contributed by atoms with Gasteiger partial charge in [-0.05, 0) is 85.1 Å². The molecular formula is C43H41Cl2F5N6O5. The van der Waals surface area contributed by atoms with Crippen LogP contribution in [0, 0.1) is 11.6 Å². The fourth-order valence-electron chi connectivity index (χ4n) is 6.67. The zero-order chi connectivity index (χ0) is 44.4. The zero-order valence-corrected chi connectivity index (χ0v) is 34.8. The first-order valence-corrected chi connectivity index (χ1v) is 19.5. The van der Waals surface area contributed by atoms with Gasteiger partial charge < -0.3 is 34.9 Å². The highest BCUT2D eigenvalue weighted by Gasteiger charge is 2.47. The number of nitrogens with one attached hydrogen (secondary N) is 3. The van der Waals surface area contributed by atoms with Crippen LogP contribution in [0.25, 0.3) is 21.5 Å². The van der Waals surface area contributed by atoms with Crippen molar-refractivity contribution >= 4 is 68.2 Å². The van der Waals surface area contributed by atoms with Gasteiger partial charge in [0, 0.05) is 66.9 Å². The van der Waals surface area contributed by atoms with Crippen LogP contribution < -0.4 is 20.9 Å². The van der Waals surface area contributed by atoms with Crippen molar-refractivity contribution in [3.63, 3.8) is 0 Å². The first kappa shape index (κ1) is 46.1. The average molecular weight is 888 g/mol. The number of amides is 4. The lowest BCUT2D eigenvalue weighted by Gasteiger charge is -2.33. The van der Waals surface area contributed by atoms with Gasteiger partial charge in [-0.25, -0.2) is 23.4 Å². The van der Waals surface area contributed by atoms with Crippen molar-refractivity contribution in [2.75, 3.05) is 44.5 Å².